The number of thioether (sulfide) groups is 1. The zero-order valence-corrected chi connectivity index (χ0v) is 16.8. The van der Waals surface area contributed by atoms with Gasteiger partial charge in [-0.1, -0.05) is 30.3 Å². The van der Waals surface area contributed by atoms with E-state index in [1.807, 2.05) is 36.5 Å². The van der Waals surface area contributed by atoms with Gasteiger partial charge in [0.15, 0.2) is 5.16 Å². The average Bonchev–Trinajstić information content (AvgIpc) is 3.10. The van der Waals surface area contributed by atoms with Gasteiger partial charge < -0.3 is 14.6 Å². The Balaban J connectivity index is 1.40. The van der Waals surface area contributed by atoms with Gasteiger partial charge in [-0.15, -0.1) is 0 Å². The summed E-state index contributed by atoms with van der Waals surface area (Å²) in [6.45, 7) is 4.02. The number of hydrogen-bond donors (Lipinski definition) is 1. The lowest BCUT2D eigenvalue weighted by Crippen LogP contribution is -2.40. The van der Waals surface area contributed by atoms with Crippen molar-refractivity contribution in [2.45, 2.75) is 43.1 Å². The monoisotopic (exact) mass is 382 g/mol. The summed E-state index contributed by atoms with van der Waals surface area (Å²) < 4.78 is 6.17. The summed E-state index contributed by atoms with van der Waals surface area (Å²) in [6.07, 6.45) is 5.66. The number of piperidine rings is 1. The highest BCUT2D eigenvalue weighted by Crippen LogP contribution is 2.27. The van der Waals surface area contributed by atoms with Crippen molar-refractivity contribution in [2.24, 2.45) is 0 Å². The second kappa shape index (κ2) is 8.31. The molecule has 0 radical (unpaired) electrons. The number of fused-ring (bicyclic) bond motifs is 1. The summed E-state index contributed by atoms with van der Waals surface area (Å²) in [5.74, 6) is 1.72. The maximum absolute atomic E-state index is 6.17. The van der Waals surface area contributed by atoms with Crippen molar-refractivity contribution >= 4 is 22.8 Å². The number of pyridine rings is 1. The Morgan fingerprint density at radius 2 is 2.15 bits per heavy atom. The highest BCUT2D eigenvalue weighted by atomic mass is 32.2. The van der Waals surface area contributed by atoms with Gasteiger partial charge in [-0.2, -0.15) is 0 Å². The summed E-state index contributed by atoms with van der Waals surface area (Å²) in [5.41, 5.74) is 4.24. The molecule has 0 saturated carbocycles. The Hall–Kier alpha value is -2.05. The molecule has 142 valence electrons. The van der Waals surface area contributed by atoms with Crippen molar-refractivity contribution in [3.8, 4) is 5.75 Å². The Morgan fingerprint density at radius 1 is 1.26 bits per heavy atom. The Labute approximate surface area is 164 Å². The molecule has 0 amide bonds. The molecular weight excluding hydrogens is 356 g/mol. The molecule has 1 aliphatic heterocycles. The number of aromatic amines is 1. The molecule has 0 aliphatic carbocycles. The molecule has 1 saturated heterocycles. The highest BCUT2D eigenvalue weighted by molar-refractivity contribution is 7.98. The van der Waals surface area contributed by atoms with Crippen molar-refractivity contribution in [1.29, 1.82) is 0 Å². The van der Waals surface area contributed by atoms with Crippen LogP contribution in [0.3, 0.4) is 0 Å². The van der Waals surface area contributed by atoms with E-state index in [1.54, 1.807) is 11.8 Å². The summed E-state index contributed by atoms with van der Waals surface area (Å²) in [5, 5.41) is 0.924. The van der Waals surface area contributed by atoms with E-state index in [0.717, 1.165) is 45.6 Å². The predicted molar refractivity (Wildman–Crippen MR) is 110 cm³/mol. The zero-order valence-electron chi connectivity index (χ0n) is 15.9. The van der Waals surface area contributed by atoms with Crippen LogP contribution in [-0.4, -0.2) is 46.1 Å². The van der Waals surface area contributed by atoms with E-state index in [0.29, 0.717) is 6.04 Å². The van der Waals surface area contributed by atoms with Crippen molar-refractivity contribution in [2.75, 3.05) is 20.2 Å². The summed E-state index contributed by atoms with van der Waals surface area (Å²) in [6, 6.07) is 10.6. The van der Waals surface area contributed by atoms with Crippen LogP contribution in [0, 0.1) is 6.92 Å². The van der Waals surface area contributed by atoms with E-state index < -0.39 is 0 Å². The number of hydrogen-bond acceptors (Lipinski definition) is 5. The second-order valence-electron chi connectivity index (χ2n) is 7.17. The second-order valence-corrected chi connectivity index (χ2v) is 8.13. The highest BCUT2D eigenvalue weighted by Gasteiger charge is 2.20. The first-order valence-electron chi connectivity index (χ1n) is 9.56. The number of nitrogens with zero attached hydrogens (tertiary/aromatic N) is 3. The minimum atomic E-state index is 0.514. The maximum atomic E-state index is 6.17. The van der Waals surface area contributed by atoms with E-state index in [4.69, 9.17) is 4.74 Å². The standard InChI is InChI=1S/C21H26N4OS/c1-15-19(14-27-21-23-17-8-3-4-9-18(17)24-21)22-11-10-20(15)26-13-16-7-5-6-12-25(16)2/h3-4,8-11,16H,5-7,12-14H2,1-2H3,(H,23,24). The van der Waals surface area contributed by atoms with Crippen LogP contribution in [0.4, 0.5) is 0 Å². The number of imidazole rings is 1. The molecule has 1 N–H and O–H groups in total. The van der Waals surface area contributed by atoms with E-state index in [1.165, 1.54) is 25.8 Å². The fraction of sp³-hybridized carbons (Fsp3) is 0.429. The number of ether oxygens (including phenoxy) is 1. The van der Waals surface area contributed by atoms with Gasteiger partial charge in [0.05, 0.1) is 16.7 Å². The molecule has 1 aliphatic rings. The van der Waals surface area contributed by atoms with Crippen LogP contribution >= 0.6 is 11.8 Å². The van der Waals surface area contributed by atoms with Gasteiger partial charge in [0.25, 0.3) is 0 Å². The third-order valence-corrected chi connectivity index (χ3v) is 6.21. The molecule has 1 atom stereocenters. The molecule has 1 fully saturated rings. The molecule has 2 aromatic heterocycles. The fourth-order valence-corrected chi connectivity index (χ4v) is 4.45. The lowest BCUT2D eigenvalue weighted by atomic mass is 10.0. The van der Waals surface area contributed by atoms with Gasteiger partial charge in [0, 0.05) is 23.6 Å². The number of nitrogens with one attached hydrogen (secondary N) is 1. The fourth-order valence-electron chi connectivity index (χ4n) is 3.54. The number of rotatable bonds is 6. The lowest BCUT2D eigenvalue weighted by molar-refractivity contribution is 0.124. The van der Waals surface area contributed by atoms with Crippen LogP contribution in [0.15, 0.2) is 41.7 Å². The number of H-pyrrole nitrogens is 1. The van der Waals surface area contributed by atoms with E-state index in [9.17, 15) is 0 Å². The normalized spacial score (nSPS) is 18.1. The molecule has 3 aromatic rings. The Morgan fingerprint density at radius 3 is 3.00 bits per heavy atom. The number of likely N-dealkylation sites (N-methyl/N-ethyl adjacent to an activating group) is 1. The number of benzene rings is 1. The molecule has 27 heavy (non-hydrogen) atoms. The van der Waals surface area contributed by atoms with Crippen LogP contribution in [0.25, 0.3) is 11.0 Å². The first-order valence-corrected chi connectivity index (χ1v) is 10.5. The molecule has 0 bridgehead atoms. The van der Waals surface area contributed by atoms with Crippen LogP contribution < -0.4 is 4.74 Å². The van der Waals surface area contributed by atoms with E-state index in [2.05, 4.69) is 33.8 Å². The molecule has 1 unspecified atom stereocenters. The van der Waals surface area contributed by atoms with Gasteiger partial charge in [-0.25, -0.2) is 4.98 Å². The Kier molecular flexibility index (Phi) is 5.64. The smallest absolute Gasteiger partial charge is 0.166 e. The predicted octanol–water partition coefficient (Wildman–Crippen LogP) is 4.42. The molecule has 1 aromatic carbocycles. The third-order valence-electron chi connectivity index (χ3n) is 5.32. The quantitative estimate of drug-likeness (QED) is 0.640. The molecule has 6 heteroatoms. The van der Waals surface area contributed by atoms with Gasteiger partial charge in [0.1, 0.15) is 12.4 Å². The van der Waals surface area contributed by atoms with Gasteiger partial charge in [-0.3, -0.25) is 4.98 Å². The van der Waals surface area contributed by atoms with Gasteiger partial charge in [-0.05, 0) is 51.6 Å². The Bertz CT molecular complexity index is 877. The topological polar surface area (TPSA) is 54.0 Å². The van der Waals surface area contributed by atoms with Crippen molar-refractivity contribution in [3.05, 3.63) is 47.8 Å². The van der Waals surface area contributed by atoms with Crippen molar-refractivity contribution in [1.82, 2.24) is 19.9 Å². The minimum absolute atomic E-state index is 0.514. The van der Waals surface area contributed by atoms with Crippen LogP contribution in [0.2, 0.25) is 0 Å². The molecule has 3 heterocycles. The lowest BCUT2D eigenvalue weighted by Gasteiger charge is -2.32. The number of likely N-dealkylation sites (tertiary alicyclic amines) is 1. The van der Waals surface area contributed by atoms with Crippen LogP contribution in [-0.2, 0) is 5.75 Å². The average molecular weight is 383 g/mol. The zero-order chi connectivity index (χ0) is 18.6. The van der Waals surface area contributed by atoms with Crippen LogP contribution in [0.1, 0.15) is 30.5 Å². The maximum Gasteiger partial charge on any atom is 0.166 e. The summed E-state index contributed by atoms with van der Waals surface area (Å²) in [4.78, 5) is 15.0. The van der Waals surface area contributed by atoms with E-state index in [-0.39, 0.29) is 0 Å². The summed E-state index contributed by atoms with van der Waals surface area (Å²) >= 11 is 1.68. The van der Waals surface area contributed by atoms with E-state index >= 15 is 0 Å². The van der Waals surface area contributed by atoms with Crippen molar-refractivity contribution < 1.29 is 4.74 Å². The molecular formula is C21H26N4OS. The first kappa shape index (κ1) is 18.3. The SMILES string of the molecule is Cc1c(OCC2CCCCN2C)ccnc1CSc1nc2ccccc2[nH]1. The van der Waals surface area contributed by atoms with Crippen molar-refractivity contribution in [3.63, 3.8) is 0 Å². The molecule has 0 spiro atoms. The third kappa shape index (κ3) is 4.28. The number of para-hydroxylation sites is 2. The minimum Gasteiger partial charge on any atom is -0.492 e. The van der Waals surface area contributed by atoms with Crippen LogP contribution in [0.5, 0.6) is 5.75 Å². The largest absolute Gasteiger partial charge is 0.492 e. The van der Waals surface area contributed by atoms with Gasteiger partial charge in [0.2, 0.25) is 0 Å². The first-order chi connectivity index (χ1) is 13.2. The molecule has 4 rings (SSSR count). The number of aromatic nitrogens is 3. The summed E-state index contributed by atoms with van der Waals surface area (Å²) in [7, 11) is 2.20. The van der Waals surface area contributed by atoms with Gasteiger partial charge >= 0.3 is 0 Å². The molecule has 5 nitrogen and oxygen atoms in total.